The number of nitrogens with zero attached hydrogens (tertiary/aromatic N) is 2. The number of nitrogens with two attached hydrogens (primary N) is 1. The van der Waals surface area contributed by atoms with Crippen LogP contribution < -0.4 is 10.5 Å². The van der Waals surface area contributed by atoms with Crippen LogP contribution in [0.2, 0.25) is 0 Å². The maximum atomic E-state index is 5.74. The number of hydrogen-bond donors (Lipinski definition) is 1. The van der Waals surface area contributed by atoms with Crippen molar-refractivity contribution >= 4 is 17.2 Å². The van der Waals surface area contributed by atoms with E-state index < -0.39 is 0 Å². The number of ether oxygens (including phenoxy) is 1. The molecule has 0 unspecified atom stereocenters. The average molecular weight is 235 g/mol. The summed E-state index contributed by atoms with van der Waals surface area (Å²) in [5.41, 5.74) is 7.63. The number of aryl methyl sites for hydroxylation is 2. The van der Waals surface area contributed by atoms with Crippen molar-refractivity contribution in [3.63, 3.8) is 0 Å². The summed E-state index contributed by atoms with van der Waals surface area (Å²) in [6.07, 6.45) is 0. The molecule has 84 valence electrons. The summed E-state index contributed by atoms with van der Waals surface area (Å²) in [4.78, 5) is 8.43. The zero-order valence-corrected chi connectivity index (χ0v) is 10.0. The van der Waals surface area contributed by atoms with Crippen molar-refractivity contribution in [1.82, 2.24) is 9.97 Å². The zero-order chi connectivity index (χ0) is 11.5. The van der Waals surface area contributed by atoms with E-state index in [0.717, 1.165) is 16.4 Å². The molecule has 2 N–H and O–H groups in total. The summed E-state index contributed by atoms with van der Waals surface area (Å²) in [5, 5.41) is 2.94. The smallest absolute Gasteiger partial charge is 0.166 e. The molecule has 0 aliphatic carbocycles. The van der Waals surface area contributed by atoms with Crippen LogP contribution in [-0.4, -0.2) is 9.97 Å². The topological polar surface area (TPSA) is 61.0 Å². The molecule has 0 fully saturated rings. The molecule has 16 heavy (non-hydrogen) atoms. The van der Waals surface area contributed by atoms with E-state index in [4.69, 9.17) is 10.5 Å². The first kappa shape index (κ1) is 10.9. The number of hydrogen-bond acceptors (Lipinski definition) is 5. The number of rotatable bonds is 3. The van der Waals surface area contributed by atoms with Crippen LogP contribution in [0.25, 0.3) is 0 Å². The first-order valence-electron chi connectivity index (χ1n) is 4.92. The third-order valence-corrected chi connectivity index (χ3v) is 2.98. The highest BCUT2D eigenvalue weighted by molar-refractivity contribution is 7.09. The highest BCUT2D eigenvalue weighted by Gasteiger charge is 2.04. The molecule has 0 saturated carbocycles. The standard InChI is InChI=1S/C11H13N3OS/c1-7-3-4-9(11(12)14-7)15-5-10-13-8(2)6-16-10/h3-4,6H,5H2,1-2H3,(H2,12,14). The van der Waals surface area contributed by atoms with Gasteiger partial charge in [-0.25, -0.2) is 9.97 Å². The van der Waals surface area contributed by atoms with Gasteiger partial charge < -0.3 is 10.5 Å². The molecule has 2 rings (SSSR count). The molecule has 0 aliphatic rings. The second-order valence-corrected chi connectivity index (χ2v) is 4.45. The fourth-order valence-electron chi connectivity index (χ4n) is 1.29. The van der Waals surface area contributed by atoms with Crippen LogP contribution in [0.1, 0.15) is 16.4 Å². The van der Waals surface area contributed by atoms with Crippen molar-refractivity contribution in [3.8, 4) is 5.75 Å². The van der Waals surface area contributed by atoms with Crippen LogP contribution in [0.15, 0.2) is 17.5 Å². The summed E-state index contributed by atoms with van der Waals surface area (Å²) < 4.78 is 5.55. The summed E-state index contributed by atoms with van der Waals surface area (Å²) >= 11 is 1.58. The molecule has 2 aromatic rings. The third-order valence-electron chi connectivity index (χ3n) is 2.04. The molecule has 0 saturated heterocycles. The van der Waals surface area contributed by atoms with Crippen molar-refractivity contribution in [1.29, 1.82) is 0 Å². The molecule has 0 amide bonds. The monoisotopic (exact) mass is 235 g/mol. The van der Waals surface area contributed by atoms with E-state index in [0.29, 0.717) is 18.2 Å². The van der Waals surface area contributed by atoms with Crippen LogP contribution in [0.5, 0.6) is 5.75 Å². The lowest BCUT2D eigenvalue weighted by Crippen LogP contribution is -2.01. The lowest BCUT2D eigenvalue weighted by atomic mass is 10.3. The minimum absolute atomic E-state index is 0.424. The van der Waals surface area contributed by atoms with Gasteiger partial charge >= 0.3 is 0 Å². The van der Waals surface area contributed by atoms with E-state index in [2.05, 4.69) is 9.97 Å². The number of nitrogen functional groups attached to an aromatic ring is 1. The molecule has 0 aromatic carbocycles. The Morgan fingerprint density at radius 3 is 2.69 bits per heavy atom. The van der Waals surface area contributed by atoms with E-state index >= 15 is 0 Å². The second kappa shape index (κ2) is 4.49. The van der Waals surface area contributed by atoms with Crippen molar-refractivity contribution in [2.24, 2.45) is 0 Å². The summed E-state index contributed by atoms with van der Waals surface area (Å²) in [7, 11) is 0. The first-order chi connectivity index (χ1) is 7.65. The molecule has 5 heteroatoms. The lowest BCUT2D eigenvalue weighted by Gasteiger charge is -2.06. The van der Waals surface area contributed by atoms with E-state index in [9.17, 15) is 0 Å². The number of aromatic nitrogens is 2. The lowest BCUT2D eigenvalue weighted by molar-refractivity contribution is 0.306. The fraction of sp³-hybridized carbons (Fsp3) is 0.273. The van der Waals surface area contributed by atoms with Crippen LogP contribution in [0.3, 0.4) is 0 Å². The van der Waals surface area contributed by atoms with Gasteiger partial charge in [0.05, 0.1) is 0 Å². The van der Waals surface area contributed by atoms with Gasteiger partial charge in [-0.3, -0.25) is 0 Å². The summed E-state index contributed by atoms with van der Waals surface area (Å²) in [5.74, 6) is 1.03. The third kappa shape index (κ3) is 2.49. The van der Waals surface area contributed by atoms with Gasteiger partial charge in [0.15, 0.2) is 11.6 Å². The largest absolute Gasteiger partial charge is 0.483 e. The Balaban J connectivity index is 2.04. The normalized spacial score (nSPS) is 10.4. The van der Waals surface area contributed by atoms with Gasteiger partial charge in [-0.2, -0.15) is 0 Å². The molecule has 0 atom stereocenters. The minimum Gasteiger partial charge on any atom is -0.483 e. The quantitative estimate of drug-likeness (QED) is 0.886. The van der Waals surface area contributed by atoms with Crippen molar-refractivity contribution < 1.29 is 4.74 Å². The van der Waals surface area contributed by atoms with Crippen LogP contribution in [0, 0.1) is 13.8 Å². The van der Waals surface area contributed by atoms with Gasteiger partial charge in [0.2, 0.25) is 0 Å². The Hall–Kier alpha value is -1.62. The highest BCUT2D eigenvalue weighted by atomic mass is 32.1. The first-order valence-corrected chi connectivity index (χ1v) is 5.80. The van der Waals surface area contributed by atoms with E-state index in [1.54, 1.807) is 11.3 Å². The van der Waals surface area contributed by atoms with Crippen molar-refractivity contribution in [3.05, 3.63) is 33.9 Å². The number of pyridine rings is 1. The van der Waals surface area contributed by atoms with Gasteiger partial charge in [-0.15, -0.1) is 11.3 Å². The van der Waals surface area contributed by atoms with Crippen LogP contribution >= 0.6 is 11.3 Å². The molecular formula is C11H13N3OS. The molecule has 4 nitrogen and oxygen atoms in total. The average Bonchev–Trinajstić information content (AvgIpc) is 2.63. The number of thiazole rings is 1. The SMILES string of the molecule is Cc1csc(COc2ccc(C)nc2N)n1. The van der Waals surface area contributed by atoms with Gasteiger partial charge in [-0.1, -0.05) is 0 Å². The van der Waals surface area contributed by atoms with Crippen LogP contribution in [-0.2, 0) is 6.61 Å². The Bertz CT molecular complexity index is 496. The molecule has 2 aromatic heterocycles. The minimum atomic E-state index is 0.424. The van der Waals surface area contributed by atoms with Gasteiger partial charge in [0.25, 0.3) is 0 Å². The highest BCUT2D eigenvalue weighted by Crippen LogP contribution is 2.20. The Morgan fingerprint density at radius 1 is 1.25 bits per heavy atom. The van der Waals surface area contributed by atoms with Gasteiger partial charge in [-0.05, 0) is 26.0 Å². The summed E-state index contributed by atoms with van der Waals surface area (Å²) in [6.45, 7) is 4.29. The second-order valence-electron chi connectivity index (χ2n) is 3.51. The maximum absolute atomic E-state index is 5.74. The van der Waals surface area contributed by atoms with Gasteiger partial charge in [0, 0.05) is 16.8 Å². The zero-order valence-electron chi connectivity index (χ0n) is 9.23. The Kier molecular flexibility index (Phi) is 3.05. The van der Waals surface area contributed by atoms with Crippen molar-refractivity contribution in [2.45, 2.75) is 20.5 Å². The fourth-order valence-corrected chi connectivity index (χ4v) is 1.98. The van der Waals surface area contributed by atoms with E-state index in [-0.39, 0.29) is 0 Å². The predicted octanol–water partition coefficient (Wildman–Crippen LogP) is 2.32. The maximum Gasteiger partial charge on any atom is 0.166 e. The summed E-state index contributed by atoms with van der Waals surface area (Å²) in [6, 6.07) is 3.71. The van der Waals surface area contributed by atoms with Crippen LogP contribution in [0.4, 0.5) is 5.82 Å². The Morgan fingerprint density at radius 2 is 2.06 bits per heavy atom. The van der Waals surface area contributed by atoms with Crippen molar-refractivity contribution in [2.75, 3.05) is 5.73 Å². The molecular weight excluding hydrogens is 222 g/mol. The molecule has 2 heterocycles. The molecule has 0 spiro atoms. The molecule has 0 radical (unpaired) electrons. The Labute approximate surface area is 98.1 Å². The van der Waals surface area contributed by atoms with E-state index in [1.165, 1.54) is 0 Å². The predicted molar refractivity (Wildman–Crippen MR) is 64.6 cm³/mol. The molecule has 0 bridgehead atoms. The number of anilines is 1. The van der Waals surface area contributed by atoms with Gasteiger partial charge in [0.1, 0.15) is 11.6 Å². The molecule has 0 aliphatic heterocycles. The van der Waals surface area contributed by atoms with E-state index in [1.807, 2.05) is 31.4 Å².